The zero-order chi connectivity index (χ0) is 17.6. The third-order valence-electron chi connectivity index (χ3n) is 3.54. The number of fused-ring (bicyclic) bond motifs is 1. The van der Waals surface area contributed by atoms with Crippen molar-refractivity contribution in [2.24, 2.45) is 0 Å². The van der Waals surface area contributed by atoms with Gasteiger partial charge in [-0.15, -0.1) is 0 Å². The first-order valence-corrected chi connectivity index (χ1v) is 6.56. The number of benzene rings is 2. The molecule has 0 saturated heterocycles. The number of alkyl halides is 3. The largest absolute Gasteiger partial charge is 0.418 e. The predicted molar refractivity (Wildman–Crippen MR) is 75.7 cm³/mol. The quantitative estimate of drug-likeness (QED) is 0.478. The van der Waals surface area contributed by atoms with Crippen LogP contribution in [-0.4, -0.2) is 16.7 Å². The molecule has 2 aromatic rings. The Bertz CT molecular complexity index is 893. The van der Waals surface area contributed by atoms with Crippen molar-refractivity contribution >= 4 is 23.2 Å². The fourth-order valence-corrected chi connectivity index (χ4v) is 2.55. The van der Waals surface area contributed by atoms with Gasteiger partial charge in [0.1, 0.15) is 5.56 Å². The molecule has 1 aliphatic rings. The molecule has 0 aromatic heterocycles. The van der Waals surface area contributed by atoms with Crippen LogP contribution in [0.2, 0.25) is 0 Å². The van der Waals surface area contributed by atoms with Crippen LogP contribution < -0.4 is 4.90 Å². The Morgan fingerprint density at radius 2 is 1.62 bits per heavy atom. The van der Waals surface area contributed by atoms with E-state index < -0.39 is 45.4 Å². The smallest absolute Gasteiger partial charge is 0.268 e. The Kier molecular flexibility index (Phi) is 3.36. The summed E-state index contributed by atoms with van der Waals surface area (Å²) in [7, 11) is 0. The maximum absolute atomic E-state index is 13.1. The first-order valence-electron chi connectivity index (χ1n) is 6.56. The summed E-state index contributed by atoms with van der Waals surface area (Å²) in [6.07, 6.45) is -4.79. The highest BCUT2D eigenvalue weighted by molar-refractivity contribution is 6.35. The van der Waals surface area contributed by atoms with E-state index in [0.717, 1.165) is 24.3 Å². The van der Waals surface area contributed by atoms with E-state index in [4.69, 9.17) is 0 Å². The van der Waals surface area contributed by atoms with Crippen molar-refractivity contribution in [2.75, 3.05) is 4.90 Å². The van der Waals surface area contributed by atoms with Gasteiger partial charge in [-0.3, -0.25) is 19.7 Å². The van der Waals surface area contributed by atoms with Gasteiger partial charge in [-0.25, -0.2) is 4.90 Å². The van der Waals surface area contributed by atoms with E-state index in [1.165, 1.54) is 18.2 Å². The number of halogens is 3. The summed E-state index contributed by atoms with van der Waals surface area (Å²) in [6.45, 7) is 0. The van der Waals surface area contributed by atoms with Gasteiger partial charge >= 0.3 is 6.18 Å². The number of para-hydroxylation sites is 1. The number of nitro groups is 1. The van der Waals surface area contributed by atoms with Gasteiger partial charge in [0.15, 0.2) is 0 Å². The summed E-state index contributed by atoms with van der Waals surface area (Å²) >= 11 is 0. The van der Waals surface area contributed by atoms with Crippen molar-refractivity contribution in [1.82, 2.24) is 0 Å². The number of amides is 2. The molecule has 1 heterocycles. The molecule has 1 aliphatic heterocycles. The highest BCUT2D eigenvalue weighted by Crippen LogP contribution is 2.40. The van der Waals surface area contributed by atoms with Crippen molar-refractivity contribution < 1.29 is 27.7 Å². The molecule has 0 bridgehead atoms. The third-order valence-corrected chi connectivity index (χ3v) is 3.54. The van der Waals surface area contributed by atoms with Crippen LogP contribution >= 0.6 is 0 Å². The lowest BCUT2D eigenvalue weighted by Gasteiger charge is -2.19. The van der Waals surface area contributed by atoms with Crippen molar-refractivity contribution in [3.05, 3.63) is 69.3 Å². The Morgan fingerprint density at radius 1 is 0.958 bits per heavy atom. The van der Waals surface area contributed by atoms with Gasteiger partial charge in [-0.1, -0.05) is 18.2 Å². The second-order valence-electron chi connectivity index (χ2n) is 4.92. The number of rotatable bonds is 2. The molecule has 0 N–H and O–H groups in total. The molecule has 0 aliphatic carbocycles. The molecule has 9 heteroatoms. The van der Waals surface area contributed by atoms with Gasteiger partial charge in [0.25, 0.3) is 17.5 Å². The Balaban J connectivity index is 2.21. The Morgan fingerprint density at radius 3 is 2.25 bits per heavy atom. The molecular formula is C15H7F3N2O4. The maximum atomic E-state index is 13.1. The lowest BCUT2D eigenvalue weighted by Crippen LogP contribution is -2.31. The summed E-state index contributed by atoms with van der Waals surface area (Å²) in [5, 5.41) is 11.0. The summed E-state index contributed by atoms with van der Waals surface area (Å²) < 4.78 is 39.4. The lowest BCUT2D eigenvalue weighted by molar-refractivity contribution is -0.385. The first-order chi connectivity index (χ1) is 11.2. The number of nitro benzene ring substituents is 1. The monoisotopic (exact) mass is 336 g/mol. The number of hydrogen-bond acceptors (Lipinski definition) is 4. The molecular weight excluding hydrogens is 329 g/mol. The second-order valence-corrected chi connectivity index (χ2v) is 4.92. The van der Waals surface area contributed by atoms with Crippen LogP contribution in [0.4, 0.5) is 24.5 Å². The minimum Gasteiger partial charge on any atom is -0.268 e. The average molecular weight is 336 g/mol. The van der Waals surface area contributed by atoms with Gasteiger partial charge < -0.3 is 0 Å². The minimum absolute atomic E-state index is 0.300. The van der Waals surface area contributed by atoms with Crippen LogP contribution in [0.5, 0.6) is 0 Å². The molecule has 122 valence electrons. The Hall–Kier alpha value is -3.23. The summed E-state index contributed by atoms with van der Waals surface area (Å²) in [4.78, 5) is 35.3. The van der Waals surface area contributed by atoms with E-state index >= 15 is 0 Å². The summed E-state index contributed by atoms with van der Waals surface area (Å²) in [6, 6.07) is 7.43. The zero-order valence-electron chi connectivity index (χ0n) is 11.7. The highest BCUT2D eigenvalue weighted by atomic mass is 19.4. The number of nitrogens with zero attached hydrogens (tertiary/aromatic N) is 2. The summed E-state index contributed by atoms with van der Waals surface area (Å²) in [5.74, 6) is -2.19. The number of hydrogen-bond donors (Lipinski definition) is 0. The van der Waals surface area contributed by atoms with Gasteiger partial charge in [0, 0.05) is 6.07 Å². The SMILES string of the molecule is O=C1c2cccc([N+](=O)[O-])c2C(=O)N1c1ccccc1C(F)(F)F. The summed E-state index contributed by atoms with van der Waals surface area (Å²) in [5.41, 5.74) is -3.28. The van der Waals surface area contributed by atoms with E-state index in [1.54, 1.807) is 0 Å². The molecule has 6 nitrogen and oxygen atoms in total. The fraction of sp³-hybridized carbons (Fsp3) is 0.0667. The normalized spacial score (nSPS) is 14.0. The molecule has 0 unspecified atom stereocenters. The van der Waals surface area contributed by atoms with Gasteiger partial charge in [0.05, 0.1) is 21.7 Å². The second kappa shape index (κ2) is 5.15. The standard InChI is InChI=1S/C15H7F3N2O4/c16-15(17,18)9-5-1-2-6-10(9)19-13(21)8-4-3-7-11(20(23)24)12(8)14(19)22/h1-7H. The molecule has 24 heavy (non-hydrogen) atoms. The highest BCUT2D eigenvalue weighted by Gasteiger charge is 2.45. The van der Waals surface area contributed by atoms with Crippen LogP contribution in [0.3, 0.4) is 0 Å². The molecule has 0 fully saturated rings. The van der Waals surface area contributed by atoms with Crippen LogP contribution in [0.15, 0.2) is 42.5 Å². The molecule has 0 spiro atoms. The molecule has 0 saturated carbocycles. The molecule has 0 radical (unpaired) electrons. The van der Waals surface area contributed by atoms with Crippen molar-refractivity contribution in [2.45, 2.75) is 6.18 Å². The number of imide groups is 1. The van der Waals surface area contributed by atoms with Crippen LogP contribution in [0.1, 0.15) is 26.3 Å². The van der Waals surface area contributed by atoms with Crippen molar-refractivity contribution in [3.8, 4) is 0 Å². The minimum atomic E-state index is -4.79. The first kappa shape index (κ1) is 15.7. The number of carbonyl (C=O) groups is 2. The maximum Gasteiger partial charge on any atom is 0.418 e. The molecule has 0 atom stereocenters. The van der Waals surface area contributed by atoms with E-state index in [0.29, 0.717) is 4.90 Å². The van der Waals surface area contributed by atoms with E-state index in [-0.39, 0.29) is 5.56 Å². The average Bonchev–Trinajstić information content (AvgIpc) is 2.78. The lowest BCUT2D eigenvalue weighted by atomic mass is 10.1. The van der Waals surface area contributed by atoms with Crippen LogP contribution in [-0.2, 0) is 6.18 Å². The third kappa shape index (κ3) is 2.21. The molecule has 2 amide bonds. The van der Waals surface area contributed by atoms with Crippen molar-refractivity contribution in [1.29, 1.82) is 0 Å². The van der Waals surface area contributed by atoms with Crippen molar-refractivity contribution in [3.63, 3.8) is 0 Å². The van der Waals surface area contributed by atoms with Gasteiger partial charge in [-0.2, -0.15) is 13.2 Å². The predicted octanol–water partition coefficient (Wildman–Crippen LogP) is 3.41. The topological polar surface area (TPSA) is 80.5 Å². The van der Waals surface area contributed by atoms with E-state index in [9.17, 15) is 32.9 Å². The molecule has 3 rings (SSSR count). The fourth-order valence-electron chi connectivity index (χ4n) is 2.55. The van der Waals surface area contributed by atoms with Gasteiger partial charge in [-0.05, 0) is 18.2 Å². The number of carbonyl (C=O) groups excluding carboxylic acids is 2. The Labute approximate surface area is 132 Å². The van der Waals surface area contributed by atoms with Crippen LogP contribution in [0, 0.1) is 10.1 Å². The van der Waals surface area contributed by atoms with Crippen LogP contribution in [0.25, 0.3) is 0 Å². The number of anilines is 1. The van der Waals surface area contributed by atoms with E-state index in [2.05, 4.69) is 0 Å². The van der Waals surface area contributed by atoms with E-state index in [1.807, 2.05) is 0 Å². The zero-order valence-corrected chi connectivity index (χ0v) is 11.7. The molecule has 2 aromatic carbocycles. The van der Waals surface area contributed by atoms with Gasteiger partial charge in [0.2, 0.25) is 0 Å².